The highest BCUT2D eigenvalue weighted by molar-refractivity contribution is 6.03. The van der Waals surface area contributed by atoms with E-state index in [2.05, 4.69) is 20.5 Å². The molecule has 1 saturated heterocycles. The topological polar surface area (TPSA) is 66.5 Å². The number of nitrogens with zero attached hydrogens (tertiary/aromatic N) is 2. The van der Waals surface area contributed by atoms with Crippen molar-refractivity contribution in [2.75, 3.05) is 43.5 Å². The van der Waals surface area contributed by atoms with E-state index in [1.165, 1.54) is 0 Å². The van der Waals surface area contributed by atoms with Crippen LogP contribution in [0.1, 0.15) is 10.4 Å². The maximum absolute atomic E-state index is 12.2. The van der Waals surface area contributed by atoms with Gasteiger partial charge in [0.05, 0.1) is 19.0 Å². The first-order valence-electron chi connectivity index (χ1n) is 7.63. The predicted molar refractivity (Wildman–Crippen MR) is 97.5 cm³/mol. The van der Waals surface area contributed by atoms with Crippen LogP contribution in [-0.2, 0) is 0 Å². The zero-order chi connectivity index (χ0) is 16.1. The number of ether oxygens (including phenoxy) is 1. The number of nitrogens with one attached hydrogen (secondary N) is 2. The second-order valence-electron chi connectivity index (χ2n) is 5.32. The van der Waals surface area contributed by atoms with Gasteiger partial charge in [0.2, 0.25) is 0 Å². The monoisotopic (exact) mass is 348 g/mol. The van der Waals surface area contributed by atoms with Gasteiger partial charge in [0.25, 0.3) is 5.91 Å². The average molecular weight is 349 g/mol. The molecular weight excluding hydrogens is 328 g/mol. The van der Waals surface area contributed by atoms with Crippen LogP contribution >= 0.6 is 12.4 Å². The van der Waals surface area contributed by atoms with Crippen molar-refractivity contribution in [3.63, 3.8) is 0 Å². The lowest BCUT2D eigenvalue weighted by Crippen LogP contribution is -2.43. The molecule has 0 saturated carbocycles. The second kappa shape index (κ2) is 8.52. The first kappa shape index (κ1) is 18.0. The molecule has 1 aliphatic rings. The first-order valence-corrected chi connectivity index (χ1v) is 7.63. The summed E-state index contributed by atoms with van der Waals surface area (Å²) in [7, 11) is 1.60. The molecular formula is C17H21ClN4O2. The second-order valence-corrected chi connectivity index (χ2v) is 5.32. The number of piperazine rings is 1. The molecule has 0 aliphatic carbocycles. The molecule has 1 fully saturated rings. The zero-order valence-electron chi connectivity index (χ0n) is 13.5. The molecule has 2 aromatic rings. The minimum Gasteiger partial charge on any atom is -0.497 e. The molecule has 7 heteroatoms. The Morgan fingerprint density at radius 3 is 2.46 bits per heavy atom. The maximum Gasteiger partial charge on any atom is 0.256 e. The van der Waals surface area contributed by atoms with Crippen LogP contribution in [0.15, 0.2) is 42.6 Å². The van der Waals surface area contributed by atoms with Crippen molar-refractivity contribution in [1.82, 2.24) is 10.3 Å². The number of hydrogen-bond donors (Lipinski definition) is 2. The van der Waals surface area contributed by atoms with E-state index < -0.39 is 0 Å². The van der Waals surface area contributed by atoms with Gasteiger partial charge in [-0.1, -0.05) is 0 Å². The lowest BCUT2D eigenvalue weighted by Gasteiger charge is -2.29. The Bertz CT molecular complexity index is 655. The summed E-state index contributed by atoms with van der Waals surface area (Å²) in [6.07, 6.45) is 1.80. The Hall–Kier alpha value is -2.31. The number of aromatic nitrogens is 1. The Kier molecular flexibility index (Phi) is 6.40. The zero-order valence-corrected chi connectivity index (χ0v) is 14.3. The van der Waals surface area contributed by atoms with E-state index in [0.29, 0.717) is 11.4 Å². The fourth-order valence-corrected chi connectivity index (χ4v) is 2.50. The fraction of sp³-hybridized carbons (Fsp3) is 0.294. The van der Waals surface area contributed by atoms with Gasteiger partial charge < -0.3 is 20.3 Å². The number of amides is 1. The first-order chi connectivity index (χ1) is 11.3. The van der Waals surface area contributed by atoms with Crippen molar-refractivity contribution in [2.24, 2.45) is 0 Å². The molecule has 128 valence electrons. The number of rotatable bonds is 4. The van der Waals surface area contributed by atoms with Crippen molar-refractivity contribution < 1.29 is 9.53 Å². The molecule has 0 unspecified atom stereocenters. The molecule has 3 rings (SSSR count). The predicted octanol–water partition coefficient (Wildman–Crippen LogP) is 2.17. The smallest absolute Gasteiger partial charge is 0.256 e. The van der Waals surface area contributed by atoms with Crippen molar-refractivity contribution in [1.29, 1.82) is 0 Å². The SMILES string of the molecule is COc1ccc(C(=O)Nc2ccc(N3CCNCC3)cn2)cc1.Cl. The summed E-state index contributed by atoms with van der Waals surface area (Å²) in [6, 6.07) is 10.8. The molecule has 0 bridgehead atoms. The quantitative estimate of drug-likeness (QED) is 0.886. The van der Waals surface area contributed by atoms with Crippen molar-refractivity contribution in [2.45, 2.75) is 0 Å². The molecule has 2 N–H and O–H groups in total. The van der Waals surface area contributed by atoms with Gasteiger partial charge in [-0.05, 0) is 36.4 Å². The van der Waals surface area contributed by atoms with Gasteiger partial charge in [-0.2, -0.15) is 0 Å². The summed E-state index contributed by atoms with van der Waals surface area (Å²) in [5, 5.41) is 6.12. The van der Waals surface area contributed by atoms with E-state index in [1.807, 2.05) is 12.1 Å². The van der Waals surface area contributed by atoms with E-state index in [1.54, 1.807) is 37.6 Å². The highest BCUT2D eigenvalue weighted by atomic mass is 35.5. The van der Waals surface area contributed by atoms with E-state index >= 15 is 0 Å². The number of anilines is 2. The number of methoxy groups -OCH3 is 1. The van der Waals surface area contributed by atoms with Crippen LogP contribution in [0.4, 0.5) is 11.5 Å². The van der Waals surface area contributed by atoms with Crippen molar-refractivity contribution >= 4 is 29.8 Å². The van der Waals surface area contributed by atoms with Crippen LogP contribution in [0.5, 0.6) is 5.75 Å². The third-order valence-corrected chi connectivity index (χ3v) is 3.82. The van der Waals surface area contributed by atoms with Crippen molar-refractivity contribution in [3.05, 3.63) is 48.2 Å². The highest BCUT2D eigenvalue weighted by Gasteiger charge is 2.11. The van der Waals surface area contributed by atoms with E-state index in [0.717, 1.165) is 37.6 Å². The third-order valence-electron chi connectivity index (χ3n) is 3.82. The minimum absolute atomic E-state index is 0. The Labute approximate surface area is 147 Å². The summed E-state index contributed by atoms with van der Waals surface area (Å²) in [5.41, 5.74) is 1.65. The van der Waals surface area contributed by atoms with Gasteiger partial charge in [-0.15, -0.1) is 12.4 Å². The molecule has 0 radical (unpaired) electrons. The van der Waals surface area contributed by atoms with Crippen molar-refractivity contribution in [3.8, 4) is 5.75 Å². The van der Waals surface area contributed by atoms with Crippen LogP contribution in [0.3, 0.4) is 0 Å². The van der Waals surface area contributed by atoms with Crippen LogP contribution in [0, 0.1) is 0 Å². The fourth-order valence-electron chi connectivity index (χ4n) is 2.50. The number of pyridine rings is 1. The summed E-state index contributed by atoms with van der Waals surface area (Å²) < 4.78 is 5.08. The lowest BCUT2D eigenvalue weighted by molar-refractivity contribution is 0.102. The Morgan fingerprint density at radius 2 is 1.88 bits per heavy atom. The maximum atomic E-state index is 12.2. The lowest BCUT2D eigenvalue weighted by atomic mass is 10.2. The molecule has 24 heavy (non-hydrogen) atoms. The van der Waals surface area contributed by atoms with Gasteiger partial charge in [0.15, 0.2) is 0 Å². The number of benzene rings is 1. The molecule has 1 aromatic heterocycles. The molecule has 6 nitrogen and oxygen atoms in total. The largest absolute Gasteiger partial charge is 0.497 e. The molecule has 1 amide bonds. The number of hydrogen-bond acceptors (Lipinski definition) is 5. The third kappa shape index (κ3) is 4.37. The normalized spacial score (nSPS) is 13.8. The van der Waals surface area contributed by atoms with Gasteiger partial charge in [-0.3, -0.25) is 4.79 Å². The highest BCUT2D eigenvalue weighted by Crippen LogP contribution is 2.17. The summed E-state index contributed by atoms with van der Waals surface area (Å²) in [5.74, 6) is 1.08. The number of carbonyl (C=O) groups is 1. The van der Waals surface area contributed by atoms with Gasteiger partial charge >= 0.3 is 0 Å². The van der Waals surface area contributed by atoms with Crippen LogP contribution in [0.25, 0.3) is 0 Å². The average Bonchev–Trinajstić information content (AvgIpc) is 2.63. The van der Waals surface area contributed by atoms with Gasteiger partial charge in [0.1, 0.15) is 11.6 Å². The molecule has 0 atom stereocenters. The van der Waals surface area contributed by atoms with Gasteiger partial charge in [0, 0.05) is 31.7 Å². The molecule has 0 spiro atoms. The van der Waals surface area contributed by atoms with E-state index in [4.69, 9.17) is 4.74 Å². The summed E-state index contributed by atoms with van der Waals surface area (Å²) in [6.45, 7) is 3.91. The molecule has 1 aromatic carbocycles. The van der Waals surface area contributed by atoms with Crippen LogP contribution < -0.4 is 20.3 Å². The van der Waals surface area contributed by atoms with E-state index in [9.17, 15) is 4.79 Å². The molecule has 2 heterocycles. The minimum atomic E-state index is -0.185. The summed E-state index contributed by atoms with van der Waals surface area (Å²) >= 11 is 0. The number of halogens is 1. The summed E-state index contributed by atoms with van der Waals surface area (Å²) in [4.78, 5) is 18.8. The Morgan fingerprint density at radius 1 is 1.17 bits per heavy atom. The standard InChI is InChI=1S/C17H20N4O2.ClH/c1-23-15-5-2-13(3-6-15)17(22)20-16-7-4-14(12-19-16)21-10-8-18-9-11-21;/h2-7,12,18H,8-11H2,1H3,(H,19,20,22);1H. The number of carbonyl (C=O) groups excluding carboxylic acids is 1. The van der Waals surface area contributed by atoms with Crippen LogP contribution in [0.2, 0.25) is 0 Å². The van der Waals surface area contributed by atoms with E-state index in [-0.39, 0.29) is 18.3 Å². The molecule has 1 aliphatic heterocycles. The van der Waals surface area contributed by atoms with Crippen LogP contribution in [-0.4, -0.2) is 44.2 Å². The Balaban J connectivity index is 0.00000208. The van der Waals surface area contributed by atoms with Gasteiger partial charge in [-0.25, -0.2) is 4.98 Å².